The van der Waals surface area contributed by atoms with Crippen LogP contribution in [0.5, 0.6) is 0 Å². The van der Waals surface area contributed by atoms with Crippen LogP contribution in [0.3, 0.4) is 0 Å². The molecule has 0 bridgehead atoms. The van der Waals surface area contributed by atoms with Gasteiger partial charge in [0.15, 0.2) is 0 Å². The molecule has 8 heteroatoms. The van der Waals surface area contributed by atoms with E-state index in [1.165, 1.54) is 22.5 Å². The van der Waals surface area contributed by atoms with Gasteiger partial charge in [0.1, 0.15) is 5.82 Å². The van der Waals surface area contributed by atoms with Crippen LogP contribution < -0.4 is 9.62 Å². The van der Waals surface area contributed by atoms with Crippen molar-refractivity contribution in [3.63, 3.8) is 0 Å². The number of nitrogens with zero attached hydrogens (tertiary/aromatic N) is 1. The molecular weight excluding hydrogens is 367 g/mol. The summed E-state index contributed by atoms with van der Waals surface area (Å²) in [6, 6.07) is 10.2. The van der Waals surface area contributed by atoms with Gasteiger partial charge in [0.25, 0.3) is 5.91 Å². The van der Waals surface area contributed by atoms with Crippen molar-refractivity contribution in [2.75, 3.05) is 21.9 Å². The number of anilines is 2. The van der Waals surface area contributed by atoms with Crippen LogP contribution in [0.25, 0.3) is 0 Å². The summed E-state index contributed by atoms with van der Waals surface area (Å²) in [4.78, 5) is 12.2. The lowest BCUT2D eigenvalue weighted by molar-refractivity contribution is 0.102. The average Bonchev–Trinajstić information content (AvgIpc) is 2.58. The van der Waals surface area contributed by atoms with Crippen molar-refractivity contribution in [2.24, 2.45) is 0 Å². The number of halogens is 2. The van der Waals surface area contributed by atoms with Crippen molar-refractivity contribution >= 4 is 38.9 Å². The van der Waals surface area contributed by atoms with Crippen molar-refractivity contribution < 1.29 is 17.6 Å². The van der Waals surface area contributed by atoms with E-state index in [-0.39, 0.29) is 10.8 Å². The summed E-state index contributed by atoms with van der Waals surface area (Å²) in [5, 5.41) is 2.54. The Bertz CT molecular complexity index is 901. The molecule has 3 rings (SSSR count). The van der Waals surface area contributed by atoms with Crippen LogP contribution >= 0.6 is 11.6 Å². The minimum absolute atomic E-state index is 0.0801. The van der Waals surface area contributed by atoms with Crippen LogP contribution in [0.1, 0.15) is 23.2 Å². The highest BCUT2D eigenvalue weighted by atomic mass is 35.5. The first-order valence-electron chi connectivity index (χ1n) is 7.74. The molecule has 0 atom stereocenters. The number of sulfonamides is 1. The molecule has 1 fully saturated rings. The van der Waals surface area contributed by atoms with Gasteiger partial charge in [-0.25, -0.2) is 12.8 Å². The van der Waals surface area contributed by atoms with Gasteiger partial charge < -0.3 is 5.32 Å². The van der Waals surface area contributed by atoms with Crippen molar-refractivity contribution in [3.05, 3.63) is 58.9 Å². The molecule has 1 saturated heterocycles. The number of nitrogens with one attached hydrogen (secondary N) is 1. The highest BCUT2D eigenvalue weighted by Crippen LogP contribution is 2.24. The predicted octanol–water partition coefficient (Wildman–Crippen LogP) is 3.66. The molecule has 1 heterocycles. The van der Waals surface area contributed by atoms with Gasteiger partial charge in [0.05, 0.1) is 16.5 Å². The summed E-state index contributed by atoms with van der Waals surface area (Å²) in [6.07, 6.45) is 1.48. The van der Waals surface area contributed by atoms with Crippen LogP contribution in [-0.2, 0) is 10.0 Å². The van der Waals surface area contributed by atoms with E-state index in [0.29, 0.717) is 29.9 Å². The normalized spacial score (nSPS) is 16.5. The summed E-state index contributed by atoms with van der Waals surface area (Å²) in [5.74, 6) is -0.817. The maximum absolute atomic E-state index is 13.1. The summed E-state index contributed by atoms with van der Waals surface area (Å²) < 4.78 is 38.7. The molecule has 2 aromatic rings. The van der Waals surface area contributed by atoms with Crippen molar-refractivity contribution in [3.8, 4) is 0 Å². The average molecular weight is 383 g/mol. The Labute approximate surface area is 150 Å². The molecule has 25 heavy (non-hydrogen) atoms. The summed E-state index contributed by atoms with van der Waals surface area (Å²) in [6.45, 7) is 0.446. The maximum Gasteiger partial charge on any atom is 0.255 e. The highest BCUT2D eigenvalue weighted by molar-refractivity contribution is 7.92. The van der Waals surface area contributed by atoms with Gasteiger partial charge in [-0.05, 0) is 55.3 Å². The smallest absolute Gasteiger partial charge is 0.255 e. The Hall–Kier alpha value is -2.12. The Morgan fingerprint density at radius 3 is 2.48 bits per heavy atom. The lowest BCUT2D eigenvalue weighted by Crippen LogP contribution is -2.37. The molecule has 0 spiro atoms. The lowest BCUT2D eigenvalue weighted by atomic mass is 10.2. The van der Waals surface area contributed by atoms with Crippen LogP contribution in [-0.4, -0.2) is 26.6 Å². The molecule has 0 radical (unpaired) electrons. The minimum atomic E-state index is -3.28. The van der Waals surface area contributed by atoms with Gasteiger partial charge in [0, 0.05) is 17.8 Å². The quantitative estimate of drug-likeness (QED) is 0.880. The van der Waals surface area contributed by atoms with Gasteiger partial charge in [-0.3, -0.25) is 9.10 Å². The number of benzene rings is 2. The molecule has 1 N–H and O–H groups in total. The van der Waals surface area contributed by atoms with Gasteiger partial charge in [-0.15, -0.1) is 0 Å². The van der Waals surface area contributed by atoms with E-state index in [4.69, 9.17) is 11.6 Å². The van der Waals surface area contributed by atoms with E-state index < -0.39 is 21.7 Å². The molecule has 1 amide bonds. The number of carbonyl (C=O) groups is 1. The molecule has 0 saturated carbocycles. The standard InChI is InChI=1S/C17H16ClFN2O3S/c18-15-11-13(5-8-16(15)19)20-17(22)12-3-6-14(7-4-12)21-9-1-2-10-25(21,23)24/h3-8,11H,1-2,9-10H2,(H,20,22). The van der Waals surface area contributed by atoms with E-state index in [2.05, 4.69) is 5.32 Å². The minimum Gasteiger partial charge on any atom is -0.322 e. The first-order chi connectivity index (χ1) is 11.9. The Kier molecular flexibility index (Phi) is 4.96. The van der Waals surface area contributed by atoms with Crippen LogP contribution in [0.4, 0.5) is 15.8 Å². The summed E-state index contributed by atoms with van der Waals surface area (Å²) >= 11 is 5.69. The van der Waals surface area contributed by atoms with E-state index in [0.717, 1.165) is 6.42 Å². The van der Waals surface area contributed by atoms with E-state index in [1.54, 1.807) is 24.3 Å². The third-order valence-electron chi connectivity index (χ3n) is 3.94. The Morgan fingerprint density at radius 2 is 1.84 bits per heavy atom. The third kappa shape index (κ3) is 3.93. The van der Waals surface area contributed by atoms with E-state index in [9.17, 15) is 17.6 Å². The van der Waals surface area contributed by atoms with Crippen LogP contribution in [0.15, 0.2) is 42.5 Å². The highest BCUT2D eigenvalue weighted by Gasteiger charge is 2.26. The van der Waals surface area contributed by atoms with Crippen LogP contribution in [0, 0.1) is 5.82 Å². The van der Waals surface area contributed by atoms with Gasteiger partial charge >= 0.3 is 0 Å². The first kappa shape index (κ1) is 17.7. The monoisotopic (exact) mass is 382 g/mol. The second kappa shape index (κ2) is 7.01. The zero-order valence-corrected chi connectivity index (χ0v) is 14.8. The zero-order chi connectivity index (χ0) is 18.0. The van der Waals surface area contributed by atoms with E-state index >= 15 is 0 Å². The number of hydrogen-bond acceptors (Lipinski definition) is 3. The van der Waals surface area contributed by atoms with Gasteiger partial charge in [-0.2, -0.15) is 0 Å². The molecule has 0 aromatic heterocycles. The third-order valence-corrected chi connectivity index (χ3v) is 6.10. The fourth-order valence-corrected chi connectivity index (χ4v) is 4.46. The number of rotatable bonds is 3. The van der Waals surface area contributed by atoms with Crippen molar-refractivity contribution in [1.29, 1.82) is 0 Å². The second-order valence-electron chi connectivity index (χ2n) is 5.73. The number of carbonyl (C=O) groups excluding carboxylic acids is 1. The maximum atomic E-state index is 13.1. The molecule has 5 nitrogen and oxygen atoms in total. The predicted molar refractivity (Wildman–Crippen MR) is 96.2 cm³/mol. The zero-order valence-electron chi connectivity index (χ0n) is 13.2. The van der Waals surface area contributed by atoms with Crippen molar-refractivity contribution in [1.82, 2.24) is 0 Å². The largest absolute Gasteiger partial charge is 0.322 e. The molecule has 1 aliphatic heterocycles. The second-order valence-corrected chi connectivity index (χ2v) is 8.15. The lowest BCUT2D eigenvalue weighted by Gasteiger charge is -2.28. The van der Waals surface area contributed by atoms with Crippen LogP contribution in [0.2, 0.25) is 5.02 Å². The SMILES string of the molecule is O=C(Nc1ccc(F)c(Cl)c1)c1ccc(N2CCCCS2(=O)=O)cc1. The molecule has 132 valence electrons. The van der Waals surface area contributed by atoms with Crippen molar-refractivity contribution in [2.45, 2.75) is 12.8 Å². The Morgan fingerprint density at radius 1 is 1.12 bits per heavy atom. The first-order valence-corrected chi connectivity index (χ1v) is 9.72. The fourth-order valence-electron chi connectivity index (χ4n) is 2.64. The topological polar surface area (TPSA) is 66.5 Å². The molecule has 1 aliphatic rings. The van der Waals surface area contributed by atoms with Gasteiger partial charge in [0.2, 0.25) is 10.0 Å². The van der Waals surface area contributed by atoms with E-state index in [1.807, 2.05) is 0 Å². The molecule has 0 unspecified atom stereocenters. The summed E-state index contributed by atoms with van der Waals surface area (Å²) in [5.41, 5.74) is 1.28. The van der Waals surface area contributed by atoms with Gasteiger partial charge in [-0.1, -0.05) is 11.6 Å². The Balaban J connectivity index is 1.75. The molecular formula is C17H16ClFN2O3S. The summed E-state index contributed by atoms with van der Waals surface area (Å²) in [7, 11) is -3.28. The molecule has 0 aliphatic carbocycles. The number of hydrogen-bond donors (Lipinski definition) is 1. The molecule has 2 aromatic carbocycles. The fraction of sp³-hybridized carbons (Fsp3) is 0.235. The number of amides is 1.